The van der Waals surface area contributed by atoms with Crippen LogP contribution in [0, 0.1) is 0 Å². The summed E-state index contributed by atoms with van der Waals surface area (Å²) in [4.78, 5) is 25.8. The monoisotopic (exact) mass is 394 g/mol. The van der Waals surface area contributed by atoms with Crippen molar-refractivity contribution in [3.05, 3.63) is 120 Å². The molecule has 0 fully saturated rings. The van der Waals surface area contributed by atoms with E-state index >= 15 is 0 Å². The van der Waals surface area contributed by atoms with Gasteiger partial charge in [-0.1, -0.05) is 72.8 Å². The van der Waals surface area contributed by atoms with E-state index < -0.39 is 11.9 Å². The Kier molecular flexibility index (Phi) is 5.67. The SMILES string of the molecule is O=C(Oc1ccccc1)c1ccc(-c2ccccc2)cc1C(=O)Oc1ccccc1. The van der Waals surface area contributed by atoms with Gasteiger partial charge < -0.3 is 9.47 Å². The Balaban J connectivity index is 1.71. The lowest BCUT2D eigenvalue weighted by atomic mass is 9.99. The number of rotatable bonds is 5. The van der Waals surface area contributed by atoms with Crippen molar-refractivity contribution in [1.29, 1.82) is 0 Å². The molecule has 0 heterocycles. The molecule has 0 spiro atoms. The maximum absolute atomic E-state index is 12.9. The second-order valence-electron chi connectivity index (χ2n) is 6.53. The van der Waals surface area contributed by atoms with E-state index in [1.165, 1.54) is 0 Å². The summed E-state index contributed by atoms with van der Waals surface area (Å²) in [6.45, 7) is 0. The van der Waals surface area contributed by atoms with Gasteiger partial charge in [0.15, 0.2) is 0 Å². The Morgan fingerprint density at radius 3 is 1.47 bits per heavy atom. The van der Waals surface area contributed by atoms with Crippen LogP contribution < -0.4 is 9.47 Å². The molecule has 4 aromatic carbocycles. The van der Waals surface area contributed by atoms with Crippen molar-refractivity contribution in [2.45, 2.75) is 0 Å². The van der Waals surface area contributed by atoms with E-state index in [4.69, 9.17) is 9.47 Å². The summed E-state index contributed by atoms with van der Waals surface area (Å²) >= 11 is 0. The number of carbonyl (C=O) groups is 2. The van der Waals surface area contributed by atoms with Crippen LogP contribution in [0.25, 0.3) is 11.1 Å². The van der Waals surface area contributed by atoms with Gasteiger partial charge in [-0.2, -0.15) is 0 Å². The highest BCUT2D eigenvalue weighted by Gasteiger charge is 2.21. The molecule has 0 aliphatic heterocycles. The first kappa shape index (κ1) is 19.2. The Hall–Kier alpha value is -4.18. The van der Waals surface area contributed by atoms with Gasteiger partial charge in [-0.15, -0.1) is 0 Å². The number of benzene rings is 4. The minimum absolute atomic E-state index is 0.138. The number of para-hydroxylation sites is 2. The highest BCUT2D eigenvalue weighted by atomic mass is 16.5. The van der Waals surface area contributed by atoms with Gasteiger partial charge in [0.2, 0.25) is 0 Å². The van der Waals surface area contributed by atoms with E-state index in [1.54, 1.807) is 66.7 Å². The second-order valence-corrected chi connectivity index (χ2v) is 6.53. The Labute approximate surface area is 174 Å². The fourth-order valence-corrected chi connectivity index (χ4v) is 3.00. The fraction of sp³-hybridized carbons (Fsp3) is 0. The van der Waals surface area contributed by atoms with Crippen LogP contribution in [0.15, 0.2) is 109 Å². The van der Waals surface area contributed by atoms with Crippen LogP contribution >= 0.6 is 0 Å². The molecule has 0 bridgehead atoms. The summed E-state index contributed by atoms with van der Waals surface area (Å²) < 4.78 is 10.9. The molecule has 0 radical (unpaired) electrons. The zero-order chi connectivity index (χ0) is 20.8. The van der Waals surface area contributed by atoms with E-state index in [2.05, 4.69) is 0 Å². The molecule has 30 heavy (non-hydrogen) atoms. The van der Waals surface area contributed by atoms with E-state index in [-0.39, 0.29) is 11.1 Å². The Morgan fingerprint density at radius 2 is 0.933 bits per heavy atom. The maximum Gasteiger partial charge on any atom is 0.344 e. The maximum atomic E-state index is 12.9. The van der Waals surface area contributed by atoms with Crippen molar-refractivity contribution in [1.82, 2.24) is 0 Å². The smallest absolute Gasteiger partial charge is 0.344 e. The minimum Gasteiger partial charge on any atom is -0.423 e. The lowest BCUT2D eigenvalue weighted by Gasteiger charge is -2.12. The van der Waals surface area contributed by atoms with Crippen molar-refractivity contribution in [3.8, 4) is 22.6 Å². The Bertz CT molecular complexity index is 1150. The summed E-state index contributed by atoms with van der Waals surface area (Å²) in [6.07, 6.45) is 0. The molecular weight excluding hydrogens is 376 g/mol. The number of carbonyl (C=O) groups excluding carboxylic acids is 2. The molecular formula is C26H18O4. The average molecular weight is 394 g/mol. The largest absolute Gasteiger partial charge is 0.423 e. The number of hydrogen-bond donors (Lipinski definition) is 0. The quantitative estimate of drug-likeness (QED) is 0.317. The summed E-state index contributed by atoms with van der Waals surface area (Å²) in [5, 5.41) is 0. The predicted molar refractivity (Wildman–Crippen MR) is 115 cm³/mol. The molecule has 4 heteroatoms. The van der Waals surface area contributed by atoms with Crippen LogP contribution in [-0.2, 0) is 0 Å². The molecule has 146 valence electrons. The average Bonchev–Trinajstić information content (AvgIpc) is 2.80. The zero-order valence-corrected chi connectivity index (χ0v) is 16.0. The first-order chi connectivity index (χ1) is 14.7. The molecule has 0 aliphatic carbocycles. The molecule has 0 N–H and O–H groups in total. The molecule has 4 nitrogen and oxygen atoms in total. The summed E-state index contributed by atoms with van der Waals surface area (Å²) in [6, 6.07) is 32.1. The van der Waals surface area contributed by atoms with Gasteiger partial charge in [-0.3, -0.25) is 0 Å². The third-order valence-electron chi connectivity index (χ3n) is 4.47. The van der Waals surface area contributed by atoms with E-state index in [1.807, 2.05) is 42.5 Å². The van der Waals surface area contributed by atoms with Gasteiger partial charge in [0.05, 0.1) is 11.1 Å². The standard InChI is InChI=1S/C26H18O4/c27-25(29-21-12-6-2-7-13-21)23-17-16-20(19-10-4-1-5-11-19)18-24(23)26(28)30-22-14-8-3-9-15-22/h1-18H. The highest BCUT2D eigenvalue weighted by molar-refractivity contribution is 6.05. The molecule has 4 rings (SSSR count). The molecule has 0 aromatic heterocycles. The molecule has 0 aliphatic rings. The van der Waals surface area contributed by atoms with Crippen molar-refractivity contribution in [3.63, 3.8) is 0 Å². The lowest BCUT2D eigenvalue weighted by Crippen LogP contribution is -2.17. The second kappa shape index (κ2) is 8.88. The third-order valence-corrected chi connectivity index (χ3v) is 4.47. The zero-order valence-electron chi connectivity index (χ0n) is 16.0. The van der Waals surface area contributed by atoms with Gasteiger partial charge in [0.25, 0.3) is 0 Å². The lowest BCUT2D eigenvalue weighted by molar-refractivity contribution is 0.0692. The van der Waals surface area contributed by atoms with Crippen LogP contribution in [0.4, 0.5) is 0 Å². The summed E-state index contributed by atoms with van der Waals surface area (Å²) in [5.41, 5.74) is 2.00. The van der Waals surface area contributed by atoms with E-state index in [0.29, 0.717) is 11.5 Å². The van der Waals surface area contributed by atoms with Crippen molar-refractivity contribution < 1.29 is 19.1 Å². The molecule has 4 aromatic rings. The van der Waals surface area contributed by atoms with Crippen molar-refractivity contribution >= 4 is 11.9 Å². The van der Waals surface area contributed by atoms with Gasteiger partial charge in [0, 0.05) is 0 Å². The van der Waals surface area contributed by atoms with Gasteiger partial charge >= 0.3 is 11.9 Å². The molecule has 0 amide bonds. The summed E-state index contributed by atoms with van der Waals surface area (Å²) in [5.74, 6) is -0.452. The van der Waals surface area contributed by atoms with Crippen LogP contribution in [0.3, 0.4) is 0 Å². The minimum atomic E-state index is -0.626. The fourth-order valence-electron chi connectivity index (χ4n) is 3.00. The molecule has 0 unspecified atom stereocenters. The van der Waals surface area contributed by atoms with Crippen LogP contribution in [-0.4, -0.2) is 11.9 Å². The van der Waals surface area contributed by atoms with Crippen LogP contribution in [0.2, 0.25) is 0 Å². The number of esters is 2. The van der Waals surface area contributed by atoms with Gasteiger partial charge in [0.1, 0.15) is 11.5 Å². The third kappa shape index (κ3) is 4.45. The molecule has 0 saturated heterocycles. The first-order valence-corrected chi connectivity index (χ1v) is 9.44. The number of ether oxygens (including phenoxy) is 2. The Morgan fingerprint density at radius 1 is 0.467 bits per heavy atom. The molecule has 0 saturated carbocycles. The number of hydrogen-bond acceptors (Lipinski definition) is 4. The van der Waals surface area contributed by atoms with E-state index in [9.17, 15) is 9.59 Å². The summed E-state index contributed by atoms with van der Waals surface area (Å²) in [7, 11) is 0. The van der Waals surface area contributed by atoms with E-state index in [0.717, 1.165) is 11.1 Å². The predicted octanol–water partition coefficient (Wildman–Crippen LogP) is 5.79. The topological polar surface area (TPSA) is 52.6 Å². The van der Waals surface area contributed by atoms with Crippen LogP contribution in [0.1, 0.15) is 20.7 Å². The first-order valence-electron chi connectivity index (χ1n) is 9.44. The van der Waals surface area contributed by atoms with Gasteiger partial charge in [-0.05, 0) is 47.5 Å². The normalized spacial score (nSPS) is 10.3. The van der Waals surface area contributed by atoms with Gasteiger partial charge in [-0.25, -0.2) is 9.59 Å². The highest BCUT2D eigenvalue weighted by Crippen LogP contribution is 2.25. The van der Waals surface area contributed by atoms with Crippen molar-refractivity contribution in [2.24, 2.45) is 0 Å². The van der Waals surface area contributed by atoms with Crippen LogP contribution in [0.5, 0.6) is 11.5 Å². The molecule has 0 atom stereocenters. The van der Waals surface area contributed by atoms with Crippen molar-refractivity contribution in [2.75, 3.05) is 0 Å².